The van der Waals surface area contributed by atoms with Crippen molar-refractivity contribution < 1.29 is 9.53 Å². The number of carbonyl (C=O) groups is 1. The highest BCUT2D eigenvalue weighted by Crippen LogP contribution is 2.32. The Morgan fingerprint density at radius 2 is 1.84 bits per heavy atom. The Morgan fingerprint density at radius 3 is 2.52 bits per heavy atom. The Balaban J connectivity index is 1.33. The van der Waals surface area contributed by atoms with E-state index in [0.717, 1.165) is 61.4 Å². The van der Waals surface area contributed by atoms with Crippen molar-refractivity contribution in [1.82, 2.24) is 34.8 Å². The second-order valence-electron chi connectivity index (χ2n) is 8.42. The lowest BCUT2D eigenvalue weighted by Gasteiger charge is -2.29. The topological polar surface area (TPSA) is 108 Å². The van der Waals surface area contributed by atoms with Gasteiger partial charge in [0.2, 0.25) is 11.8 Å². The zero-order valence-electron chi connectivity index (χ0n) is 17.9. The number of imidazole rings is 1. The van der Waals surface area contributed by atoms with Crippen LogP contribution in [0.1, 0.15) is 51.3 Å². The zero-order valence-corrected chi connectivity index (χ0v) is 17.9. The van der Waals surface area contributed by atoms with Crippen LogP contribution in [0.4, 0.5) is 0 Å². The van der Waals surface area contributed by atoms with Gasteiger partial charge in [-0.05, 0) is 52.4 Å². The first kappa shape index (κ1) is 19.8. The average Bonchev–Trinajstić information content (AvgIpc) is 3.57. The van der Waals surface area contributed by atoms with Crippen LogP contribution in [-0.4, -0.2) is 47.5 Å². The highest BCUT2D eigenvalue weighted by molar-refractivity contribution is 5.81. The van der Waals surface area contributed by atoms with Crippen LogP contribution in [0.2, 0.25) is 0 Å². The van der Waals surface area contributed by atoms with Crippen LogP contribution in [0.5, 0.6) is 5.88 Å². The van der Waals surface area contributed by atoms with Gasteiger partial charge in [0.25, 0.3) is 0 Å². The number of nitrogens with zero attached hydrogens (tertiary/aromatic N) is 6. The smallest absolute Gasteiger partial charge is 0.245 e. The number of aromatic nitrogens is 6. The summed E-state index contributed by atoms with van der Waals surface area (Å²) in [6.45, 7) is 4.62. The molecule has 3 heterocycles. The standard InChI is InChI=1S/C22H27N7O2/c1-3-29-19(15-10-23-13(2)24-11-15)28-18-20(29)25-12-26-22(18)31-17-8-6-16(7-9-17)27-21(30)14-4-5-14/h10-12,14,16-17H,3-9H2,1-2H3,(H,27,30)/t16-,17+. The van der Waals surface area contributed by atoms with Crippen molar-refractivity contribution in [2.45, 2.75) is 71.1 Å². The van der Waals surface area contributed by atoms with Gasteiger partial charge in [0.05, 0.1) is 5.56 Å². The molecule has 0 aromatic carbocycles. The summed E-state index contributed by atoms with van der Waals surface area (Å²) in [5.41, 5.74) is 2.24. The first-order chi connectivity index (χ1) is 15.1. The summed E-state index contributed by atoms with van der Waals surface area (Å²) in [6.07, 6.45) is 10.8. The molecule has 2 aliphatic carbocycles. The first-order valence-corrected chi connectivity index (χ1v) is 11.1. The third kappa shape index (κ3) is 4.08. The molecular formula is C22H27N7O2. The number of fused-ring (bicyclic) bond motifs is 1. The van der Waals surface area contributed by atoms with Gasteiger partial charge in [-0.3, -0.25) is 4.79 Å². The summed E-state index contributed by atoms with van der Waals surface area (Å²) in [4.78, 5) is 34.3. The maximum absolute atomic E-state index is 12.0. The first-order valence-electron chi connectivity index (χ1n) is 11.1. The molecule has 0 unspecified atom stereocenters. The minimum absolute atomic E-state index is 0.0603. The van der Waals surface area contributed by atoms with Gasteiger partial charge in [-0.1, -0.05) is 0 Å². The molecule has 5 rings (SSSR count). The number of hydrogen-bond acceptors (Lipinski definition) is 7. The minimum Gasteiger partial charge on any atom is -0.473 e. The van der Waals surface area contributed by atoms with E-state index in [1.54, 1.807) is 12.4 Å². The molecule has 0 saturated heterocycles. The van der Waals surface area contributed by atoms with E-state index in [1.165, 1.54) is 6.33 Å². The molecule has 0 spiro atoms. The van der Waals surface area contributed by atoms with E-state index in [2.05, 4.69) is 32.2 Å². The molecule has 1 N–H and O–H groups in total. The Kier molecular flexibility index (Phi) is 5.25. The van der Waals surface area contributed by atoms with Crippen LogP contribution in [0, 0.1) is 12.8 Å². The molecular weight excluding hydrogens is 394 g/mol. The molecule has 3 aromatic rings. The van der Waals surface area contributed by atoms with Gasteiger partial charge < -0.3 is 14.6 Å². The second kappa shape index (κ2) is 8.20. The van der Waals surface area contributed by atoms with Crippen LogP contribution >= 0.6 is 0 Å². The van der Waals surface area contributed by atoms with Gasteiger partial charge in [-0.2, -0.15) is 4.98 Å². The number of ether oxygens (including phenoxy) is 1. The second-order valence-corrected chi connectivity index (χ2v) is 8.42. The predicted molar refractivity (Wildman–Crippen MR) is 114 cm³/mol. The summed E-state index contributed by atoms with van der Waals surface area (Å²) in [6, 6.07) is 0.255. The summed E-state index contributed by atoms with van der Waals surface area (Å²) in [5.74, 6) is 2.46. The maximum Gasteiger partial charge on any atom is 0.245 e. The predicted octanol–water partition coefficient (Wildman–Crippen LogP) is 2.83. The Morgan fingerprint density at radius 1 is 1.10 bits per heavy atom. The lowest BCUT2D eigenvalue weighted by atomic mass is 9.93. The van der Waals surface area contributed by atoms with E-state index in [9.17, 15) is 4.79 Å². The highest BCUT2D eigenvalue weighted by atomic mass is 16.5. The number of rotatable bonds is 6. The normalized spacial score (nSPS) is 21.2. The molecule has 2 aliphatic rings. The minimum atomic E-state index is 0.0603. The third-order valence-electron chi connectivity index (χ3n) is 6.10. The summed E-state index contributed by atoms with van der Waals surface area (Å²) >= 11 is 0. The largest absolute Gasteiger partial charge is 0.473 e. The number of aryl methyl sites for hydroxylation is 2. The van der Waals surface area contributed by atoms with Gasteiger partial charge in [0, 0.05) is 30.9 Å². The Labute approximate surface area is 180 Å². The lowest BCUT2D eigenvalue weighted by Crippen LogP contribution is -2.40. The van der Waals surface area contributed by atoms with Gasteiger partial charge >= 0.3 is 0 Å². The van der Waals surface area contributed by atoms with E-state index in [1.807, 2.05) is 11.5 Å². The van der Waals surface area contributed by atoms with Gasteiger partial charge in [0.1, 0.15) is 24.1 Å². The number of hydrogen-bond donors (Lipinski definition) is 1. The highest BCUT2D eigenvalue weighted by Gasteiger charge is 2.32. The van der Waals surface area contributed by atoms with Crippen molar-refractivity contribution in [3.8, 4) is 17.3 Å². The molecule has 0 atom stereocenters. The van der Waals surface area contributed by atoms with Crippen LogP contribution in [0.3, 0.4) is 0 Å². The van der Waals surface area contributed by atoms with Gasteiger partial charge in [0.15, 0.2) is 11.2 Å². The molecule has 9 nitrogen and oxygen atoms in total. The quantitative estimate of drug-likeness (QED) is 0.652. The Bertz CT molecular complexity index is 1080. The molecule has 0 aliphatic heterocycles. The zero-order chi connectivity index (χ0) is 21.4. The van der Waals surface area contributed by atoms with Crippen molar-refractivity contribution in [2.75, 3.05) is 0 Å². The van der Waals surface area contributed by atoms with E-state index < -0.39 is 0 Å². The van der Waals surface area contributed by atoms with Crippen LogP contribution in [-0.2, 0) is 11.3 Å². The van der Waals surface area contributed by atoms with E-state index in [0.29, 0.717) is 17.9 Å². The molecule has 162 valence electrons. The monoisotopic (exact) mass is 421 g/mol. The summed E-state index contributed by atoms with van der Waals surface area (Å²) in [7, 11) is 0. The molecule has 3 aromatic heterocycles. The average molecular weight is 422 g/mol. The van der Waals surface area contributed by atoms with Crippen molar-refractivity contribution in [1.29, 1.82) is 0 Å². The fraction of sp³-hybridized carbons (Fsp3) is 0.545. The van der Waals surface area contributed by atoms with Crippen molar-refractivity contribution >= 4 is 17.1 Å². The molecule has 31 heavy (non-hydrogen) atoms. The molecule has 9 heteroatoms. The van der Waals surface area contributed by atoms with Crippen molar-refractivity contribution in [2.24, 2.45) is 5.92 Å². The molecule has 1 amide bonds. The fourth-order valence-electron chi connectivity index (χ4n) is 4.18. The summed E-state index contributed by atoms with van der Waals surface area (Å²) < 4.78 is 8.31. The van der Waals surface area contributed by atoms with E-state index in [-0.39, 0.29) is 24.0 Å². The SMILES string of the molecule is CCn1c(-c2cnc(C)nc2)nc2c(O[C@H]3CC[C@@H](NC(=O)C4CC4)CC3)ncnc21. The van der Waals surface area contributed by atoms with E-state index >= 15 is 0 Å². The van der Waals surface area contributed by atoms with Crippen molar-refractivity contribution in [3.05, 3.63) is 24.5 Å². The Hall–Kier alpha value is -3.10. The van der Waals surface area contributed by atoms with Crippen LogP contribution in [0.15, 0.2) is 18.7 Å². The molecule has 2 saturated carbocycles. The van der Waals surface area contributed by atoms with Crippen molar-refractivity contribution in [3.63, 3.8) is 0 Å². The molecule has 2 fully saturated rings. The van der Waals surface area contributed by atoms with Gasteiger partial charge in [-0.25, -0.2) is 19.9 Å². The van der Waals surface area contributed by atoms with Gasteiger partial charge in [-0.15, -0.1) is 0 Å². The number of nitrogens with one attached hydrogen (secondary N) is 1. The summed E-state index contributed by atoms with van der Waals surface area (Å²) in [5, 5.41) is 3.19. The lowest BCUT2D eigenvalue weighted by molar-refractivity contribution is -0.123. The maximum atomic E-state index is 12.0. The van der Waals surface area contributed by atoms with E-state index in [4.69, 9.17) is 9.72 Å². The van der Waals surface area contributed by atoms with Crippen LogP contribution in [0.25, 0.3) is 22.6 Å². The third-order valence-corrected chi connectivity index (χ3v) is 6.10. The van der Waals surface area contributed by atoms with Crippen LogP contribution < -0.4 is 10.1 Å². The number of amides is 1. The molecule has 0 bridgehead atoms. The number of carbonyl (C=O) groups excluding carboxylic acids is 1. The molecule has 0 radical (unpaired) electrons. The fourth-order valence-corrected chi connectivity index (χ4v) is 4.18.